The fourth-order valence-electron chi connectivity index (χ4n) is 2.67. The van der Waals surface area contributed by atoms with Gasteiger partial charge in [-0.2, -0.15) is 0 Å². The molecule has 0 atom stereocenters. The Morgan fingerprint density at radius 1 is 1.04 bits per heavy atom. The quantitative estimate of drug-likeness (QED) is 0.891. The predicted molar refractivity (Wildman–Crippen MR) is 93.5 cm³/mol. The van der Waals surface area contributed by atoms with Crippen LogP contribution in [0.15, 0.2) is 36.4 Å². The van der Waals surface area contributed by atoms with Crippen molar-refractivity contribution >= 4 is 23.2 Å². The minimum Gasteiger partial charge on any atom is -0.326 e. The van der Waals surface area contributed by atoms with Gasteiger partial charge in [0.1, 0.15) is 0 Å². The Bertz CT molecular complexity index is 786. The van der Waals surface area contributed by atoms with Gasteiger partial charge in [0.25, 0.3) is 0 Å². The summed E-state index contributed by atoms with van der Waals surface area (Å²) in [6.07, 6.45) is 0.0341. The molecule has 0 aliphatic heterocycles. The molecule has 0 radical (unpaired) electrons. The maximum absolute atomic E-state index is 13.2. The highest BCUT2D eigenvalue weighted by atomic mass is 19.2. The Labute approximate surface area is 145 Å². The Hall–Kier alpha value is -2.76. The minimum absolute atomic E-state index is 0.0341. The van der Waals surface area contributed by atoms with Crippen LogP contribution in [-0.2, 0) is 9.59 Å². The van der Waals surface area contributed by atoms with Gasteiger partial charge in [0.15, 0.2) is 11.6 Å². The smallest absolute Gasteiger partial charge is 0.226 e. The van der Waals surface area contributed by atoms with E-state index in [2.05, 4.69) is 5.32 Å². The number of carbonyl (C=O) groups excluding carboxylic acids is 2. The van der Waals surface area contributed by atoms with Crippen LogP contribution in [0.2, 0.25) is 0 Å². The number of amides is 2. The molecule has 1 N–H and O–H groups in total. The monoisotopic (exact) mass is 346 g/mol. The molecule has 2 rings (SSSR count). The number of aryl methyl sites for hydroxylation is 2. The van der Waals surface area contributed by atoms with Crippen LogP contribution in [0.1, 0.15) is 24.5 Å². The van der Waals surface area contributed by atoms with E-state index in [4.69, 9.17) is 0 Å². The standard InChI is InChI=1S/C19H20F2N2O2/c1-12-5-4-6-13(2)19(12)23(14(3)24)10-9-18(25)22-15-7-8-16(20)17(21)11-15/h4-8,11H,9-10H2,1-3H3,(H,22,25). The lowest BCUT2D eigenvalue weighted by molar-refractivity contribution is -0.117. The van der Waals surface area contributed by atoms with Crippen molar-refractivity contribution in [1.82, 2.24) is 0 Å². The number of rotatable bonds is 5. The lowest BCUT2D eigenvalue weighted by Gasteiger charge is -2.25. The van der Waals surface area contributed by atoms with Gasteiger partial charge >= 0.3 is 0 Å². The highest BCUT2D eigenvalue weighted by Crippen LogP contribution is 2.25. The molecule has 0 spiro atoms. The zero-order valence-corrected chi connectivity index (χ0v) is 14.4. The number of halogens is 2. The summed E-state index contributed by atoms with van der Waals surface area (Å²) >= 11 is 0. The fraction of sp³-hybridized carbons (Fsp3) is 0.263. The number of nitrogens with zero attached hydrogens (tertiary/aromatic N) is 1. The summed E-state index contributed by atoms with van der Waals surface area (Å²) in [6.45, 7) is 5.44. The lowest BCUT2D eigenvalue weighted by atomic mass is 10.1. The fourth-order valence-corrected chi connectivity index (χ4v) is 2.67. The lowest BCUT2D eigenvalue weighted by Crippen LogP contribution is -2.33. The summed E-state index contributed by atoms with van der Waals surface area (Å²) in [7, 11) is 0. The van der Waals surface area contributed by atoms with Crippen LogP contribution >= 0.6 is 0 Å². The SMILES string of the molecule is CC(=O)N(CCC(=O)Nc1ccc(F)c(F)c1)c1c(C)cccc1C. The van der Waals surface area contributed by atoms with Gasteiger partial charge in [-0.25, -0.2) is 8.78 Å². The predicted octanol–water partition coefficient (Wildman–Crippen LogP) is 3.96. The molecule has 0 aromatic heterocycles. The molecular weight excluding hydrogens is 326 g/mol. The van der Waals surface area contributed by atoms with E-state index in [1.54, 1.807) is 4.90 Å². The van der Waals surface area contributed by atoms with Crippen LogP contribution in [0.25, 0.3) is 0 Å². The number of hydrogen-bond acceptors (Lipinski definition) is 2. The van der Waals surface area contributed by atoms with E-state index in [-0.39, 0.29) is 30.5 Å². The second kappa shape index (κ2) is 7.88. The van der Waals surface area contributed by atoms with Crippen molar-refractivity contribution in [3.63, 3.8) is 0 Å². The maximum atomic E-state index is 13.2. The first kappa shape index (κ1) is 18.6. The van der Waals surface area contributed by atoms with E-state index < -0.39 is 11.6 Å². The van der Waals surface area contributed by atoms with Crippen molar-refractivity contribution in [3.8, 4) is 0 Å². The van der Waals surface area contributed by atoms with Gasteiger partial charge in [-0.15, -0.1) is 0 Å². The van der Waals surface area contributed by atoms with E-state index in [9.17, 15) is 18.4 Å². The molecule has 6 heteroatoms. The molecule has 2 amide bonds. The van der Waals surface area contributed by atoms with E-state index in [1.807, 2.05) is 32.0 Å². The summed E-state index contributed by atoms with van der Waals surface area (Å²) < 4.78 is 26.1. The van der Waals surface area contributed by atoms with Crippen LogP contribution < -0.4 is 10.2 Å². The number of anilines is 2. The molecule has 2 aromatic rings. The number of para-hydroxylation sites is 1. The van der Waals surface area contributed by atoms with Gasteiger partial charge in [0, 0.05) is 37.3 Å². The third kappa shape index (κ3) is 4.62. The summed E-state index contributed by atoms with van der Waals surface area (Å²) in [6, 6.07) is 8.86. The third-order valence-electron chi connectivity index (χ3n) is 3.86. The maximum Gasteiger partial charge on any atom is 0.226 e. The number of carbonyl (C=O) groups is 2. The van der Waals surface area contributed by atoms with Gasteiger partial charge in [-0.1, -0.05) is 18.2 Å². The van der Waals surface area contributed by atoms with Crippen molar-refractivity contribution in [2.75, 3.05) is 16.8 Å². The van der Waals surface area contributed by atoms with E-state index in [0.29, 0.717) is 0 Å². The molecule has 0 heterocycles. The van der Waals surface area contributed by atoms with Crippen molar-refractivity contribution in [3.05, 3.63) is 59.2 Å². The molecule has 132 valence electrons. The van der Waals surface area contributed by atoms with Gasteiger partial charge < -0.3 is 10.2 Å². The number of nitrogens with one attached hydrogen (secondary N) is 1. The molecule has 0 saturated carbocycles. The molecule has 0 aliphatic rings. The molecule has 4 nitrogen and oxygen atoms in total. The number of hydrogen-bond donors (Lipinski definition) is 1. The molecule has 0 saturated heterocycles. The molecule has 2 aromatic carbocycles. The van der Waals surface area contributed by atoms with E-state index in [1.165, 1.54) is 13.0 Å². The van der Waals surface area contributed by atoms with Gasteiger partial charge in [0.05, 0.1) is 0 Å². The van der Waals surface area contributed by atoms with Crippen molar-refractivity contribution in [2.45, 2.75) is 27.2 Å². The summed E-state index contributed by atoms with van der Waals surface area (Å²) in [5.74, 6) is -2.56. The first-order valence-electron chi connectivity index (χ1n) is 7.89. The van der Waals surface area contributed by atoms with Crippen LogP contribution in [0.4, 0.5) is 20.2 Å². The topological polar surface area (TPSA) is 49.4 Å². The highest BCUT2D eigenvalue weighted by Gasteiger charge is 2.17. The first-order chi connectivity index (χ1) is 11.8. The van der Waals surface area contributed by atoms with Gasteiger partial charge in [0.2, 0.25) is 11.8 Å². The average molecular weight is 346 g/mol. The Kier molecular flexibility index (Phi) is 5.85. The van der Waals surface area contributed by atoms with Crippen LogP contribution in [0.3, 0.4) is 0 Å². The average Bonchev–Trinajstić information content (AvgIpc) is 2.53. The largest absolute Gasteiger partial charge is 0.326 e. The number of benzene rings is 2. The normalized spacial score (nSPS) is 10.4. The zero-order chi connectivity index (χ0) is 18.6. The van der Waals surface area contributed by atoms with Crippen LogP contribution in [0.5, 0.6) is 0 Å². The van der Waals surface area contributed by atoms with E-state index >= 15 is 0 Å². The third-order valence-corrected chi connectivity index (χ3v) is 3.86. The second-order valence-electron chi connectivity index (χ2n) is 5.84. The molecule has 0 unspecified atom stereocenters. The molecule has 0 aliphatic carbocycles. The summed E-state index contributed by atoms with van der Waals surface area (Å²) in [5.41, 5.74) is 2.84. The molecular formula is C19H20F2N2O2. The minimum atomic E-state index is -1.03. The van der Waals surface area contributed by atoms with Crippen LogP contribution in [-0.4, -0.2) is 18.4 Å². The molecule has 0 fully saturated rings. The Balaban J connectivity index is 2.07. The van der Waals surface area contributed by atoms with Crippen LogP contribution in [0, 0.1) is 25.5 Å². The van der Waals surface area contributed by atoms with E-state index in [0.717, 1.165) is 28.9 Å². The Morgan fingerprint density at radius 2 is 1.68 bits per heavy atom. The Morgan fingerprint density at radius 3 is 2.24 bits per heavy atom. The summed E-state index contributed by atoms with van der Waals surface area (Å²) in [5, 5.41) is 2.50. The zero-order valence-electron chi connectivity index (χ0n) is 14.4. The summed E-state index contributed by atoms with van der Waals surface area (Å²) in [4.78, 5) is 25.6. The second-order valence-corrected chi connectivity index (χ2v) is 5.84. The van der Waals surface area contributed by atoms with Crippen molar-refractivity contribution in [1.29, 1.82) is 0 Å². The molecule has 0 bridgehead atoms. The van der Waals surface area contributed by atoms with Gasteiger partial charge in [-0.3, -0.25) is 9.59 Å². The molecule has 25 heavy (non-hydrogen) atoms. The first-order valence-corrected chi connectivity index (χ1v) is 7.89. The highest BCUT2D eigenvalue weighted by molar-refractivity contribution is 5.95. The van der Waals surface area contributed by atoms with Crippen molar-refractivity contribution in [2.24, 2.45) is 0 Å². The van der Waals surface area contributed by atoms with Crippen molar-refractivity contribution < 1.29 is 18.4 Å². The van der Waals surface area contributed by atoms with Gasteiger partial charge in [-0.05, 0) is 37.1 Å².